The molecule has 0 N–H and O–H groups in total. The molecule has 1 aliphatic carbocycles. The van der Waals surface area contributed by atoms with E-state index in [4.69, 9.17) is 9.47 Å². The highest BCUT2D eigenvalue weighted by molar-refractivity contribution is 6.37. The van der Waals surface area contributed by atoms with E-state index in [0.29, 0.717) is 23.6 Å². The number of carbonyl (C=O) groups is 4. The van der Waals surface area contributed by atoms with E-state index in [1.165, 1.54) is 36.4 Å². The summed E-state index contributed by atoms with van der Waals surface area (Å²) >= 11 is 0. The molecule has 0 unspecified atom stereocenters. The van der Waals surface area contributed by atoms with E-state index in [2.05, 4.69) is 0 Å². The molecular formula is C28H20FNO6. The van der Waals surface area contributed by atoms with Crippen LogP contribution in [0.5, 0.6) is 5.75 Å². The van der Waals surface area contributed by atoms with E-state index >= 15 is 0 Å². The normalized spacial score (nSPS) is 23.9. The van der Waals surface area contributed by atoms with Crippen LogP contribution in [0.4, 0.5) is 10.1 Å². The molecule has 2 heterocycles. The molecular weight excluding hydrogens is 465 g/mol. The molecule has 180 valence electrons. The van der Waals surface area contributed by atoms with Crippen LogP contribution in [-0.4, -0.2) is 35.6 Å². The summed E-state index contributed by atoms with van der Waals surface area (Å²) in [7, 11) is 0. The second-order valence-corrected chi connectivity index (χ2v) is 8.97. The van der Waals surface area contributed by atoms with Crippen LogP contribution in [0.3, 0.4) is 0 Å². The van der Waals surface area contributed by atoms with Gasteiger partial charge in [-0.3, -0.25) is 19.2 Å². The number of ether oxygens (including phenoxy) is 2. The predicted octanol–water partition coefficient (Wildman–Crippen LogP) is 3.92. The summed E-state index contributed by atoms with van der Waals surface area (Å²) in [6.07, 6.45) is -1.10. The molecule has 7 nitrogen and oxygen atoms in total. The van der Waals surface area contributed by atoms with Gasteiger partial charge in [0.15, 0.2) is 0 Å². The summed E-state index contributed by atoms with van der Waals surface area (Å²) in [5.41, 5.74) is -1.16. The Balaban J connectivity index is 1.49. The maximum absolute atomic E-state index is 13.9. The summed E-state index contributed by atoms with van der Waals surface area (Å²) in [4.78, 5) is 56.1. The second kappa shape index (κ2) is 7.93. The number of Topliss-reactive ketones (excluding diaryl/α,β-unsaturated/α-hetero) is 2. The van der Waals surface area contributed by atoms with Crippen molar-refractivity contribution >= 4 is 29.1 Å². The number of hydrogen-bond acceptors (Lipinski definition) is 6. The zero-order valence-corrected chi connectivity index (χ0v) is 19.1. The fourth-order valence-electron chi connectivity index (χ4n) is 5.58. The molecule has 8 heteroatoms. The molecule has 2 fully saturated rings. The first-order valence-corrected chi connectivity index (χ1v) is 11.6. The van der Waals surface area contributed by atoms with Crippen LogP contribution in [0.1, 0.15) is 39.3 Å². The lowest BCUT2D eigenvalue weighted by Crippen LogP contribution is -2.51. The fourth-order valence-corrected chi connectivity index (χ4v) is 5.58. The zero-order valence-electron chi connectivity index (χ0n) is 19.1. The van der Waals surface area contributed by atoms with Crippen LogP contribution in [0.25, 0.3) is 0 Å². The minimum atomic E-state index is -2.17. The standard InChI is InChI=1S/C28H20FNO6/c1-2-35-18-13-11-17(12-14-18)30-26(33)21-22(27(30)34)28(36-23(21)15-7-9-16(29)10-8-15)24(31)19-5-3-4-6-20(19)25(28)32/h3-14,21-23H,2H2,1H3/t21-,22+,23+/m1/s1. The van der Waals surface area contributed by atoms with Gasteiger partial charge in [-0.15, -0.1) is 0 Å². The summed E-state index contributed by atoms with van der Waals surface area (Å²) in [6, 6.07) is 18.0. The van der Waals surface area contributed by atoms with Crippen molar-refractivity contribution in [3.63, 3.8) is 0 Å². The minimum Gasteiger partial charge on any atom is -0.494 e. The summed E-state index contributed by atoms with van der Waals surface area (Å²) < 4.78 is 25.3. The first-order valence-electron chi connectivity index (χ1n) is 11.6. The Labute approximate surface area is 205 Å². The van der Waals surface area contributed by atoms with Crippen LogP contribution in [0, 0.1) is 17.7 Å². The minimum absolute atomic E-state index is 0.153. The molecule has 36 heavy (non-hydrogen) atoms. The number of nitrogens with zero attached hydrogens (tertiary/aromatic N) is 1. The number of benzene rings is 3. The van der Waals surface area contributed by atoms with Gasteiger partial charge >= 0.3 is 0 Å². The third kappa shape index (κ3) is 2.88. The van der Waals surface area contributed by atoms with Crippen molar-refractivity contribution < 1.29 is 33.0 Å². The van der Waals surface area contributed by atoms with Gasteiger partial charge in [-0.2, -0.15) is 0 Å². The average molecular weight is 485 g/mol. The molecule has 2 saturated heterocycles. The van der Waals surface area contributed by atoms with Crippen molar-refractivity contribution in [2.75, 3.05) is 11.5 Å². The van der Waals surface area contributed by atoms with Crippen molar-refractivity contribution in [1.82, 2.24) is 0 Å². The Morgan fingerprint density at radius 3 is 2.06 bits per heavy atom. The summed E-state index contributed by atoms with van der Waals surface area (Å²) in [6.45, 7) is 2.29. The van der Waals surface area contributed by atoms with Crippen LogP contribution < -0.4 is 9.64 Å². The largest absolute Gasteiger partial charge is 0.494 e. The highest BCUT2D eigenvalue weighted by atomic mass is 19.1. The van der Waals surface area contributed by atoms with E-state index in [1.54, 1.807) is 36.4 Å². The smallest absolute Gasteiger partial charge is 0.241 e. The van der Waals surface area contributed by atoms with Crippen molar-refractivity contribution in [3.05, 3.63) is 95.3 Å². The van der Waals surface area contributed by atoms with Gasteiger partial charge < -0.3 is 9.47 Å². The topological polar surface area (TPSA) is 90.0 Å². The Morgan fingerprint density at radius 1 is 0.861 bits per heavy atom. The van der Waals surface area contributed by atoms with Crippen LogP contribution in [0.15, 0.2) is 72.8 Å². The first-order chi connectivity index (χ1) is 17.4. The maximum atomic E-state index is 13.9. The lowest BCUT2D eigenvalue weighted by Gasteiger charge is -2.27. The van der Waals surface area contributed by atoms with Crippen LogP contribution in [0.2, 0.25) is 0 Å². The van der Waals surface area contributed by atoms with E-state index in [1.807, 2.05) is 6.92 Å². The van der Waals surface area contributed by atoms with Gasteiger partial charge in [-0.1, -0.05) is 36.4 Å². The number of imide groups is 1. The quantitative estimate of drug-likeness (QED) is 0.411. The average Bonchev–Trinajstić information content (AvgIpc) is 3.45. The second-order valence-electron chi connectivity index (χ2n) is 8.97. The summed E-state index contributed by atoms with van der Waals surface area (Å²) in [5.74, 6) is -4.98. The molecule has 0 aromatic heterocycles. The van der Waals surface area contributed by atoms with Crippen molar-refractivity contribution in [1.29, 1.82) is 0 Å². The van der Waals surface area contributed by atoms with Crippen molar-refractivity contribution in [3.8, 4) is 5.75 Å². The number of rotatable bonds is 4. The molecule has 0 bridgehead atoms. The van der Waals surface area contributed by atoms with Gasteiger partial charge in [0.2, 0.25) is 29.0 Å². The molecule has 2 aliphatic heterocycles. The molecule has 6 rings (SSSR count). The molecule has 0 saturated carbocycles. The Kier molecular flexibility index (Phi) is 4.91. The maximum Gasteiger partial charge on any atom is 0.241 e. The van der Waals surface area contributed by atoms with Gasteiger partial charge in [0.1, 0.15) is 11.6 Å². The van der Waals surface area contributed by atoms with Gasteiger partial charge in [0, 0.05) is 11.1 Å². The molecule has 0 radical (unpaired) electrons. The number of hydrogen-bond donors (Lipinski definition) is 0. The number of amides is 2. The van der Waals surface area contributed by atoms with Crippen molar-refractivity contribution in [2.24, 2.45) is 11.8 Å². The number of fused-ring (bicyclic) bond motifs is 3. The van der Waals surface area contributed by atoms with E-state index in [-0.39, 0.29) is 11.1 Å². The molecule has 3 aromatic carbocycles. The summed E-state index contributed by atoms with van der Waals surface area (Å²) in [5, 5.41) is 0. The molecule has 2 amide bonds. The van der Waals surface area contributed by atoms with Crippen LogP contribution >= 0.6 is 0 Å². The fraction of sp³-hybridized carbons (Fsp3) is 0.214. The third-order valence-corrected chi connectivity index (χ3v) is 7.12. The third-order valence-electron chi connectivity index (χ3n) is 7.12. The Morgan fingerprint density at radius 2 is 1.47 bits per heavy atom. The highest BCUT2D eigenvalue weighted by Crippen LogP contribution is 2.57. The van der Waals surface area contributed by atoms with Gasteiger partial charge in [-0.25, -0.2) is 9.29 Å². The number of halogens is 1. The molecule has 3 aliphatic rings. The monoisotopic (exact) mass is 485 g/mol. The predicted molar refractivity (Wildman–Crippen MR) is 125 cm³/mol. The van der Waals surface area contributed by atoms with E-state index in [9.17, 15) is 23.6 Å². The number of ketones is 2. The Bertz CT molecular complexity index is 1400. The number of carbonyl (C=O) groups excluding carboxylic acids is 4. The van der Waals surface area contributed by atoms with E-state index < -0.39 is 52.7 Å². The van der Waals surface area contributed by atoms with Crippen LogP contribution in [-0.2, 0) is 14.3 Å². The van der Waals surface area contributed by atoms with Gasteiger partial charge in [-0.05, 0) is 48.9 Å². The first kappa shape index (κ1) is 22.3. The Hall–Kier alpha value is -4.17. The highest BCUT2D eigenvalue weighted by Gasteiger charge is 2.74. The van der Waals surface area contributed by atoms with Gasteiger partial charge in [0.05, 0.1) is 30.2 Å². The lowest BCUT2D eigenvalue weighted by molar-refractivity contribution is -0.127. The SMILES string of the molecule is CCOc1ccc(N2C(=O)[C@@H]3[C@@H](C2=O)C2(O[C@H]3c3ccc(F)cc3)C(=O)c3ccccc3C2=O)cc1. The molecule has 3 aromatic rings. The molecule has 1 spiro atoms. The zero-order chi connectivity index (χ0) is 25.2. The molecule has 3 atom stereocenters. The van der Waals surface area contributed by atoms with E-state index in [0.717, 1.165) is 4.90 Å². The lowest BCUT2D eigenvalue weighted by atomic mass is 9.77. The van der Waals surface area contributed by atoms with Crippen molar-refractivity contribution in [2.45, 2.75) is 18.6 Å². The van der Waals surface area contributed by atoms with Gasteiger partial charge in [0.25, 0.3) is 0 Å². The number of anilines is 1.